The molecule has 0 saturated carbocycles. The van der Waals surface area contributed by atoms with Crippen molar-refractivity contribution in [1.82, 2.24) is 9.88 Å². The number of benzene rings is 2. The highest BCUT2D eigenvalue weighted by Gasteiger charge is 2.29. The first-order chi connectivity index (χ1) is 18.4. The number of amides is 2. The highest BCUT2D eigenvalue weighted by Crippen LogP contribution is 2.35. The van der Waals surface area contributed by atoms with Crippen LogP contribution < -0.4 is 5.32 Å². The molecule has 0 spiro atoms. The van der Waals surface area contributed by atoms with Crippen LogP contribution in [0.25, 0.3) is 11.0 Å². The average Bonchev–Trinajstić information content (AvgIpc) is 3.67. The summed E-state index contributed by atoms with van der Waals surface area (Å²) in [6.07, 6.45) is 3.97. The normalized spacial score (nSPS) is 17.1. The van der Waals surface area contributed by atoms with Gasteiger partial charge in [-0.05, 0) is 48.7 Å². The summed E-state index contributed by atoms with van der Waals surface area (Å²) in [5.41, 5.74) is 3.65. The van der Waals surface area contributed by atoms with Crippen LogP contribution in [0.1, 0.15) is 69.6 Å². The molecule has 0 bridgehead atoms. The molecule has 6 rings (SSSR count). The van der Waals surface area contributed by atoms with Crippen LogP contribution in [0.15, 0.2) is 63.3 Å². The second-order valence-corrected chi connectivity index (χ2v) is 10.6. The molecule has 1 fully saturated rings. The molecule has 9 heteroatoms. The van der Waals surface area contributed by atoms with Gasteiger partial charge in [0.05, 0.1) is 10.7 Å². The van der Waals surface area contributed by atoms with Crippen molar-refractivity contribution in [2.24, 2.45) is 4.99 Å². The fourth-order valence-corrected chi connectivity index (χ4v) is 6.07. The van der Waals surface area contributed by atoms with Crippen molar-refractivity contribution in [3.8, 4) is 0 Å². The number of carbonyl (C=O) groups is 3. The van der Waals surface area contributed by atoms with Crippen molar-refractivity contribution in [1.29, 1.82) is 0 Å². The van der Waals surface area contributed by atoms with E-state index >= 15 is 0 Å². The van der Waals surface area contributed by atoms with Crippen LogP contribution in [0, 0.1) is 0 Å². The molecule has 0 radical (unpaired) electrons. The number of hydrogen-bond donors (Lipinski definition) is 1. The van der Waals surface area contributed by atoms with Gasteiger partial charge in [-0.2, -0.15) is 0 Å². The van der Waals surface area contributed by atoms with Crippen LogP contribution in [-0.2, 0) is 4.79 Å². The number of fused-ring (bicyclic) bond motifs is 2. The van der Waals surface area contributed by atoms with Crippen LogP contribution in [0.5, 0.6) is 0 Å². The van der Waals surface area contributed by atoms with Gasteiger partial charge in [-0.15, -0.1) is 11.3 Å². The molecule has 1 saturated heterocycles. The van der Waals surface area contributed by atoms with Crippen molar-refractivity contribution >= 4 is 57.5 Å². The van der Waals surface area contributed by atoms with Gasteiger partial charge >= 0.3 is 0 Å². The maximum atomic E-state index is 13.0. The molecule has 4 heterocycles. The maximum absolute atomic E-state index is 13.0. The summed E-state index contributed by atoms with van der Waals surface area (Å²) in [6.45, 7) is 2.82. The minimum atomic E-state index is -0.284. The molecular formula is C29H26N4O4S. The predicted molar refractivity (Wildman–Crippen MR) is 147 cm³/mol. The van der Waals surface area contributed by atoms with E-state index in [1.54, 1.807) is 29.6 Å². The second-order valence-electron chi connectivity index (χ2n) is 9.75. The maximum Gasteiger partial charge on any atom is 0.275 e. The SMILES string of the molecule is CC(=O)c1cc2cc(NC(=O)c3csc(C4CCN(C(=O)CC5C=Nc6ccccc65)CC4)n3)ccc2o1. The van der Waals surface area contributed by atoms with Gasteiger partial charge in [0, 0.05) is 60.9 Å². The number of para-hydroxylation sites is 1. The molecule has 0 aliphatic carbocycles. The molecule has 2 aromatic heterocycles. The Morgan fingerprint density at radius 2 is 1.92 bits per heavy atom. The molecule has 1 unspecified atom stereocenters. The van der Waals surface area contributed by atoms with E-state index in [9.17, 15) is 14.4 Å². The Labute approximate surface area is 223 Å². The number of ketones is 1. The first-order valence-corrected chi connectivity index (χ1v) is 13.5. The first-order valence-electron chi connectivity index (χ1n) is 12.7. The third kappa shape index (κ3) is 4.77. The number of furan rings is 1. The number of rotatable bonds is 6. The molecule has 2 amide bonds. The van der Waals surface area contributed by atoms with Gasteiger partial charge in [0.2, 0.25) is 5.91 Å². The van der Waals surface area contributed by atoms with E-state index in [4.69, 9.17) is 4.42 Å². The minimum Gasteiger partial charge on any atom is -0.453 e. The topological polar surface area (TPSA) is 105 Å². The van der Waals surface area contributed by atoms with E-state index in [-0.39, 0.29) is 35.2 Å². The van der Waals surface area contributed by atoms with Crippen molar-refractivity contribution in [2.45, 2.75) is 38.0 Å². The monoisotopic (exact) mass is 526 g/mol. The number of likely N-dealkylation sites (tertiary alicyclic amines) is 1. The largest absolute Gasteiger partial charge is 0.453 e. The standard InChI is InChI=1S/C29H26N4O4S/c1-17(34)26-13-19-12-21(6-7-25(19)37-26)31-28(36)24-16-38-29(32-24)18-8-10-33(11-9-18)27(35)14-20-15-30-23-5-3-2-4-22(20)23/h2-7,12-13,15-16,18,20H,8-11,14H2,1H3,(H,31,36). The lowest BCUT2D eigenvalue weighted by atomic mass is 9.94. The molecule has 38 heavy (non-hydrogen) atoms. The second kappa shape index (κ2) is 9.98. The number of carbonyl (C=O) groups excluding carboxylic acids is 3. The van der Waals surface area contributed by atoms with Crippen molar-refractivity contribution in [3.63, 3.8) is 0 Å². The molecule has 1 N–H and O–H groups in total. The Bertz CT molecular complexity index is 1580. The van der Waals surface area contributed by atoms with Crippen molar-refractivity contribution in [3.05, 3.63) is 75.9 Å². The van der Waals surface area contributed by atoms with E-state index in [1.165, 1.54) is 18.3 Å². The Morgan fingerprint density at radius 1 is 1.11 bits per heavy atom. The van der Waals surface area contributed by atoms with Gasteiger partial charge in [0.1, 0.15) is 11.3 Å². The average molecular weight is 527 g/mol. The fraction of sp³-hybridized carbons (Fsp3) is 0.276. The van der Waals surface area contributed by atoms with Gasteiger partial charge < -0.3 is 14.6 Å². The quantitative estimate of drug-likeness (QED) is 0.313. The summed E-state index contributed by atoms with van der Waals surface area (Å²) >= 11 is 1.49. The Morgan fingerprint density at radius 3 is 2.74 bits per heavy atom. The zero-order valence-electron chi connectivity index (χ0n) is 20.8. The molecule has 4 aromatic rings. The minimum absolute atomic E-state index is 0.0434. The Kier molecular flexibility index (Phi) is 6.37. The fourth-order valence-electron chi connectivity index (χ4n) is 5.09. The van der Waals surface area contributed by atoms with E-state index in [0.717, 1.165) is 34.5 Å². The number of Topliss-reactive ketones (excluding diaryl/α,β-unsaturated/α-hetero) is 1. The predicted octanol–water partition coefficient (Wildman–Crippen LogP) is 5.94. The number of piperidine rings is 1. The van der Waals surface area contributed by atoms with Crippen LogP contribution >= 0.6 is 11.3 Å². The summed E-state index contributed by atoms with van der Waals surface area (Å²) < 4.78 is 5.51. The highest BCUT2D eigenvalue weighted by molar-refractivity contribution is 7.10. The van der Waals surface area contributed by atoms with E-state index in [2.05, 4.69) is 15.3 Å². The number of anilines is 1. The molecule has 2 aliphatic rings. The highest BCUT2D eigenvalue weighted by atomic mass is 32.1. The van der Waals surface area contributed by atoms with Crippen molar-refractivity contribution in [2.75, 3.05) is 18.4 Å². The Hall–Kier alpha value is -4.11. The lowest BCUT2D eigenvalue weighted by Crippen LogP contribution is -2.38. The van der Waals surface area contributed by atoms with Crippen LogP contribution in [-0.4, -0.2) is 46.8 Å². The summed E-state index contributed by atoms with van der Waals surface area (Å²) in [5, 5.41) is 6.34. The van der Waals surface area contributed by atoms with Gasteiger partial charge in [-0.1, -0.05) is 18.2 Å². The molecule has 2 aliphatic heterocycles. The number of aromatic nitrogens is 1. The molecule has 1 atom stereocenters. The number of hydrogen-bond acceptors (Lipinski definition) is 7. The van der Waals surface area contributed by atoms with E-state index in [0.29, 0.717) is 36.5 Å². The smallest absolute Gasteiger partial charge is 0.275 e. The number of nitrogens with one attached hydrogen (secondary N) is 1. The van der Waals surface area contributed by atoms with E-state index < -0.39 is 0 Å². The lowest BCUT2D eigenvalue weighted by molar-refractivity contribution is -0.132. The van der Waals surface area contributed by atoms with Crippen LogP contribution in [0.4, 0.5) is 11.4 Å². The third-order valence-corrected chi connectivity index (χ3v) is 8.20. The lowest BCUT2D eigenvalue weighted by Gasteiger charge is -2.31. The molecular weight excluding hydrogens is 500 g/mol. The van der Waals surface area contributed by atoms with Gasteiger partial charge in [-0.25, -0.2) is 4.98 Å². The zero-order chi connectivity index (χ0) is 26.2. The number of aliphatic imine (C=N–C) groups is 1. The van der Waals surface area contributed by atoms with E-state index in [1.807, 2.05) is 35.4 Å². The van der Waals surface area contributed by atoms with Crippen molar-refractivity contribution < 1.29 is 18.8 Å². The number of nitrogens with zero attached hydrogens (tertiary/aromatic N) is 3. The summed E-state index contributed by atoms with van der Waals surface area (Å²) in [7, 11) is 0. The third-order valence-electron chi connectivity index (χ3n) is 7.20. The summed E-state index contributed by atoms with van der Waals surface area (Å²) in [6, 6.07) is 14.9. The zero-order valence-corrected chi connectivity index (χ0v) is 21.7. The molecule has 8 nitrogen and oxygen atoms in total. The summed E-state index contributed by atoms with van der Waals surface area (Å²) in [5.74, 6) is 0.284. The van der Waals surface area contributed by atoms with Crippen LogP contribution in [0.2, 0.25) is 0 Å². The van der Waals surface area contributed by atoms with Gasteiger partial charge in [0.15, 0.2) is 11.5 Å². The molecule has 192 valence electrons. The van der Waals surface area contributed by atoms with Crippen LogP contribution in [0.3, 0.4) is 0 Å². The Balaban J connectivity index is 1.04. The van der Waals surface area contributed by atoms with Gasteiger partial charge in [0.25, 0.3) is 5.91 Å². The first kappa shape index (κ1) is 24.2. The van der Waals surface area contributed by atoms with Gasteiger partial charge in [-0.3, -0.25) is 19.4 Å². The summed E-state index contributed by atoms with van der Waals surface area (Å²) in [4.78, 5) is 48.4. The molecule has 2 aromatic carbocycles. The number of thiazole rings is 1.